The second-order valence-electron chi connectivity index (χ2n) is 14.2. The van der Waals surface area contributed by atoms with E-state index in [-0.39, 0.29) is 52.4 Å². The van der Waals surface area contributed by atoms with E-state index in [9.17, 15) is 49.5 Å². The largest absolute Gasteiger partial charge is 0.450 e. The van der Waals surface area contributed by atoms with E-state index in [0.29, 0.717) is 0 Å². The number of alkyl carbamates (subject to hydrolysis) is 5. The fraction of sp³-hybridized carbons (Fsp3) is 0.711. The normalized spacial score (nSPS) is 32.0. The lowest BCUT2D eigenvalue weighted by Gasteiger charge is -2.49. The van der Waals surface area contributed by atoms with Crippen molar-refractivity contribution in [2.24, 2.45) is 0 Å². The van der Waals surface area contributed by atoms with Crippen LogP contribution in [0.15, 0.2) is 30.3 Å². The van der Waals surface area contributed by atoms with E-state index < -0.39 is 123 Å². The molecule has 24 nitrogen and oxygen atoms in total. The molecule has 2 saturated heterocycles. The van der Waals surface area contributed by atoms with Crippen LogP contribution >= 0.6 is 0 Å². The maximum Gasteiger partial charge on any atom is 0.407 e. The number of nitrogens with one attached hydrogen (secondary N) is 5. The van der Waals surface area contributed by atoms with Gasteiger partial charge in [-0.15, -0.1) is 0 Å². The average Bonchev–Trinajstić information content (AvgIpc) is 3.23. The van der Waals surface area contributed by atoms with Gasteiger partial charge in [0.15, 0.2) is 12.6 Å². The summed E-state index contributed by atoms with van der Waals surface area (Å²) in [5, 5.41) is 68.1. The molecule has 3 fully saturated rings. The number of ether oxygens (including phenoxy) is 9. The molecular weight excluding hydrogens is 830 g/mol. The maximum atomic E-state index is 12.9. The van der Waals surface area contributed by atoms with E-state index in [4.69, 9.17) is 42.6 Å². The van der Waals surface area contributed by atoms with Crippen LogP contribution in [-0.2, 0) is 49.2 Å². The van der Waals surface area contributed by atoms with E-state index in [0.717, 1.165) is 5.56 Å². The number of rotatable bonds is 17. The molecule has 10 N–H and O–H groups in total. The van der Waals surface area contributed by atoms with Gasteiger partial charge in [-0.05, 0) is 39.7 Å². The lowest BCUT2D eigenvalue weighted by Crippen LogP contribution is -2.70. The molecule has 4 rings (SSSR count). The first-order valence-electron chi connectivity index (χ1n) is 20.4. The maximum absolute atomic E-state index is 12.9. The van der Waals surface area contributed by atoms with Gasteiger partial charge in [-0.3, -0.25) is 0 Å². The predicted octanol–water partition coefficient (Wildman–Crippen LogP) is -1.18. The zero-order chi connectivity index (χ0) is 45.3. The fourth-order valence-corrected chi connectivity index (χ4v) is 7.08. The summed E-state index contributed by atoms with van der Waals surface area (Å²) in [6.07, 6.45) is -21.2. The molecule has 24 heteroatoms. The molecule has 2 heterocycles. The van der Waals surface area contributed by atoms with Gasteiger partial charge in [-0.1, -0.05) is 30.3 Å². The predicted molar refractivity (Wildman–Crippen MR) is 208 cm³/mol. The van der Waals surface area contributed by atoms with Gasteiger partial charge < -0.3 is 94.7 Å². The summed E-state index contributed by atoms with van der Waals surface area (Å²) in [5.41, 5.74) is 0.723. The molecule has 0 bridgehead atoms. The van der Waals surface area contributed by atoms with Crippen LogP contribution in [0.4, 0.5) is 24.0 Å². The molecule has 5 amide bonds. The van der Waals surface area contributed by atoms with Crippen LogP contribution in [-0.4, -0.2) is 181 Å². The van der Waals surface area contributed by atoms with E-state index in [1.807, 2.05) is 0 Å². The Morgan fingerprint density at radius 2 is 1.10 bits per heavy atom. The summed E-state index contributed by atoms with van der Waals surface area (Å²) in [6, 6.07) is 3.63. The van der Waals surface area contributed by atoms with E-state index in [1.165, 1.54) is 6.92 Å². The van der Waals surface area contributed by atoms with Crippen LogP contribution in [0.25, 0.3) is 0 Å². The summed E-state index contributed by atoms with van der Waals surface area (Å²) in [4.78, 5) is 63.5. The molecule has 350 valence electrons. The zero-order valence-electron chi connectivity index (χ0n) is 34.8. The molecule has 3 aliphatic rings. The molecular formula is C38H59N5O19. The first-order valence-corrected chi connectivity index (χ1v) is 20.4. The minimum atomic E-state index is -1.92. The topological polar surface area (TPSA) is 330 Å². The Bertz CT molecular complexity index is 1580. The van der Waals surface area contributed by atoms with E-state index in [2.05, 4.69) is 26.6 Å². The summed E-state index contributed by atoms with van der Waals surface area (Å²) in [7, 11) is 0. The van der Waals surface area contributed by atoms with Crippen LogP contribution in [0.5, 0.6) is 0 Å². The lowest BCUT2D eigenvalue weighted by atomic mass is 9.83. The molecule has 1 aromatic rings. The first-order chi connectivity index (χ1) is 29.7. The number of carbonyl (C=O) groups is 5. The smallest absolute Gasteiger partial charge is 0.407 e. The Hall–Kier alpha value is -4.79. The highest BCUT2D eigenvalue weighted by atomic mass is 16.7. The van der Waals surface area contributed by atoms with Crippen LogP contribution in [0.3, 0.4) is 0 Å². The van der Waals surface area contributed by atoms with Crippen molar-refractivity contribution in [1.29, 1.82) is 0 Å². The number of aliphatic hydroxyl groups is 5. The Labute approximate surface area is 357 Å². The van der Waals surface area contributed by atoms with Crippen molar-refractivity contribution < 1.29 is 92.1 Å². The quantitative estimate of drug-likeness (QED) is 0.0823. The molecule has 1 aromatic carbocycles. The molecule has 0 spiro atoms. The minimum absolute atomic E-state index is 0.0225. The van der Waals surface area contributed by atoms with Crippen molar-refractivity contribution in [3.63, 3.8) is 0 Å². The van der Waals surface area contributed by atoms with Gasteiger partial charge in [-0.2, -0.15) is 0 Å². The monoisotopic (exact) mass is 889 g/mol. The number of amides is 5. The Morgan fingerprint density at radius 1 is 0.597 bits per heavy atom. The van der Waals surface area contributed by atoms with Gasteiger partial charge in [0.05, 0.1) is 63.3 Å². The third-order valence-electron chi connectivity index (χ3n) is 9.96. The van der Waals surface area contributed by atoms with Gasteiger partial charge >= 0.3 is 30.5 Å². The van der Waals surface area contributed by atoms with E-state index >= 15 is 0 Å². The number of benzene rings is 1. The lowest BCUT2D eigenvalue weighted by molar-refractivity contribution is -0.318. The number of aliphatic hydroxyl groups excluding tert-OH is 5. The molecule has 1 aliphatic carbocycles. The highest BCUT2D eigenvalue weighted by molar-refractivity contribution is 5.69. The van der Waals surface area contributed by atoms with Crippen LogP contribution < -0.4 is 26.6 Å². The first kappa shape index (κ1) is 49.9. The van der Waals surface area contributed by atoms with Crippen molar-refractivity contribution in [1.82, 2.24) is 26.6 Å². The molecule has 14 atom stereocenters. The van der Waals surface area contributed by atoms with Crippen molar-refractivity contribution in [3.05, 3.63) is 35.9 Å². The second kappa shape index (κ2) is 24.7. The fourth-order valence-electron chi connectivity index (χ4n) is 7.08. The van der Waals surface area contributed by atoms with Crippen LogP contribution in [0.2, 0.25) is 0 Å². The summed E-state index contributed by atoms with van der Waals surface area (Å²) in [5.74, 6) is 0. The SMILES string of the molecule is CCOC(=O)N[C@@H]1[C@@H](O)[C@@H](O[C@@H]2[C@@H](O)[C@H](O[C@H]3O[C@H](CNC(=O)OCc4ccccc4)[C@@H](O)C[C@H]3NC(=O)OCC)[C@@H](NC(=O)OCC)C[C@H]2NC(=O)OCC)O[C@H](CO)[C@H]1O. The third kappa shape index (κ3) is 14.1. The van der Waals surface area contributed by atoms with Gasteiger partial charge in [0.2, 0.25) is 0 Å². The number of hydrogen-bond donors (Lipinski definition) is 10. The van der Waals surface area contributed by atoms with Crippen LogP contribution in [0, 0.1) is 0 Å². The average molecular weight is 890 g/mol. The standard InChI is InChI=1S/C38H59N5O19/c1-5-54-35(50)40-20-14-21(41-36(51)55-6-2)31(62-33-28(47)26(43-38(53)57-8-4)27(46)25(17-44)60-33)29(48)30(20)61-32-22(42-37(52)56-7-3)15-23(45)24(59-32)16-39-34(49)58-18-19-12-10-9-11-13-19/h9-13,20-33,44-48H,5-8,14-18H2,1-4H3,(H,39,49)(H,40,50)(H,41,51)(H,42,52)(H,43,53)/t20-,21+,22+,23-,24+,25+,26-,27+,28+,29-,30+,31-,32+,33+/m0/s1. The van der Waals surface area contributed by atoms with Crippen LogP contribution in [0.1, 0.15) is 46.1 Å². The van der Waals surface area contributed by atoms with Crippen molar-refractivity contribution in [3.8, 4) is 0 Å². The van der Waals surface area contributed by atoms with Gasteiger partial charge in [0, 0.05) is 13.0 Å². The highest BCUT2D eigenvalue weighted by Crippen LogP contribution is 2.33. The molecule has 62 heavy (non-hydrogen) atoms. The van der Waals surface area contributed by atoms with Crippen molar-refractivity contribution in [2.45, 2.75) is 133 Å². The number of hydrogen-bond acceptors (Lipinski definition) is 19. The van der Waals surface area contributed by atoms with Gasteiger partial charge in [0.1, 0.15) is 49.3 Å². The molecule has 1 saturated carbocycles. The molecule has 0 unspecified atom stereocenters. The Morgan fingerprint density at radius 3 is 1.63 bits per heavy atom. The van der Waals surface area contributed by atoms with Gasteiger partial charge in [0.25, 0.3) is 0 Å². The minimum Gasteiger partial charge on any atom is -0.450 e. The van der Waals surface area contributed by atoms with Gasteiger partial charge in [-0.25, -0.2) is 24.0 Å². The zero-order valence-corrected chi connectivity index (χ0v) is 34.8. The third-order valence-corrected chi connectivity index (χ3v) is 9.96. The molecule has 2 aliphatic heterocycles. The van der Waals surface area contributed by atoms with Crippen molar-refractivity contribution in [2.75, 3.05) is 39.6 Å². The van der Waals surface area contributed by atoms with Crippen molar-refractivity contribution >= 4 is 30.5 Å². The second-order valence-corrected chi connectivity index (χ2v) is 14.2. The Kier molecular flexibility index (Phi) is 19.9. The highest BCUT2D eigenvalue weighted by Gasteiger charge is 2.53. The summed E-state index contributed by atoms with van der Waals surface area (Å²) < 4.78 is 49.7. The summed E-state index contributed by atoms with van der Waals surface area (Å²) in [6.45, 7) is 4.80. The summed E-state index contributed by atoms with van der Waals surface area (Å²) >= 11 is 0. The van der Waals surface area contributed by atoms with E-state index in [1.54, 1.807) is 51.1 Å². The molecule has 0 radical (unpaired) electrons. The molecule has 0 aromatic heterocycles. The Balaban J connectivity index is 1.65. The number of carbonyl (C=O) groups excluding carboxylic acids is 5.